The van der Waals surface area contributed by atoms with Crippen molar-refractivity contribution in [3.8, 4) is 0 Å². The first-order valence-corrected chi connectivity index (χ1v) is 5.20. The first kappa shape index (κ1) is 10.7. The predicted molar refractivity (Wildman–Crippen MR) is 57.9 cm³/mol. The Labute approximate surface area is 82.0 Å². The highest BCUT2D eigenvalue weighted by Gasteiger charge is 2.26. The van der Waals surface area contributed by atoms with Crippen molar-refractivity contribution in [3.05, 3.63) is 12.7 Å². The molecule has 3 atom stereocenters. The van der Waals surface area contributed by atoms with E-state index >= 15 is 0 Å². The Bertz CT molecular complexity index is 157. The summed E-state index contributed by atoms with van der Waals surface area (Å²) < 4.78 is 0. The van der Waals surface area contributed by atoms with E-state index in [1.54, 1.807) is 0 Å². The molecular weight excluding hydrogens is 160 g/mol. The Kier molecular flexibility index (Phi) is 3.94. The average molecular weight is 182 g/mol. The maximum absolute atomic E-state index is 3.75. The highest BCUT2D eigenvalue weighted by Crippen LogP contribution is 2.15. The maximum Gasteiger partial charge on any atom is 0.0212 e. The molecule has 1 N–H and O–H groups in total. The van der Waals surface area contributed by atoms with Gasteiger partial charge in [-0.3, -0.25) is 0 Å². The Morgan fingerprint density at radius 1 is 1.69 bits per heavy atom. The minimum absolute atomic E-state index is 0.571. The summed E-state index contributed by atoms with van der Waals surface area (Å²) in [5.41, 5.74) is 0. The molecule has 0 amide bonds. The average Bonchev–Trinajstić information content (AvgIpc) is 2.31. The molecule has 1 aliphatic rings. The molecule has 0 spiro atoms. The molecular formula is C11H22N2. The van der Waals surface area contributed by atoms with E-state index in [0.29, 0.717) is 12.1 Å². The Balaban J connectivity index is 2.27. The van der Waals surface area contributed by atoms with Gasteiger partial charge in [0.2, 0.25) is 0 Å². The monoisotopic (exact) mass is 182 g/mol. The summed E-state index contributed by atoms with van der Waals surface area (Å²) in [4.78, 5) is 2.41. The molecule has 0 aliphatic carbocycles. The SMILES string of the molecule is C=CCC(C)NC1CC(C)N(C)C1. The summed E-state index contributed by atoms with van der Waals surface area (Å²) in [6.45, 7) is 9.46. The molecule has 1 fully saturated rings. The third kappa shape index (κ3) is 3.12. The van der Waals surface area contributed by atoms with Gasteiger partial charge in [-0.25, -0.2) is 0 Å². The lowest BCUT2D eigenvalue weighted by Gasteiger charge is -2.17. The lowest BCUT2D eigenvalue weighted by atomic mass is 10.1. The van der Waals surface area contributed by atoms with Crippen LogP contribution in [0.15, 0.2) is 12.7 Å². The van der Waals surface area contributed by atoms with Gasteiger partial charge < -0.3 is 10.2 Å². The summed E-state index contributed by atoms with van der Waals surface area (Å²) in [7, 11) is 2.20. The van der Waals surface area contributed by atoms with E-state index < -0.39 is 0 Å². The minimum Gasteiger partial charge on any atom is -0.310 e. The van der Waals surface area contributed by atoms with Crippen LogP contribution in [0.5, 0.6) is 0 Å². The van der Waals surface area contributed by atoms with E-state index in [2.05, 4.69) is 37.7 Å². The van der Waals surface area contributed by atoms with Gasteiger partial charge in [0, 0.05) is 24.7 Å². The van der Waals surface area contributed by atoms with Crippen molar-refractivity contribution < 1.29 is 0 Å². The number of hydrogen-bond acceptors (Lipinski definition) is 2. The number of nitrogens with one attached hydrogen (secondary N) is 1. The van der Waals surface area contributed by atoms with Crippen molar-refractivity contribution in [1.29, 1.82) is 0 Å². The molecule has 0 saturated carbocycles. The van der Waals surface area contributed by atoms with Gasteiger partial charge >= 0.3 is 0 Å². The van der Waals surface area contributed by atoms with Crippen LogP contribution >= 0.6 is 0 Å². The number of likely N-dealkylation sites (N-methyl/N-ethyl adjacent to an activating group) is 1. The van der Waals surface area contributed by atoms with Crippen molar-refractivity contribution in [2.75, 3.05) is 13.6 Å². The van der Waals surface area contributed by atoms with Gasteiger partial charge in [-0.05, 0) is 33.7 Å². The number of rotatable bonds is 4. The van der Waals surface area contributed by atoms with Crippen LogP contribution in [0.4, 0.5) is 0 Å². The second-order valence-electron chi connectivity index (χ2n) is 4.31. The fraction of sp³-hybridized carbons (Fsp3) is 0.818. The van der Waals surface area contributed by atoms with E-state index in [1.165, 1.54) is 13.0 Å². The molecule has 2 heteroatoms. The molecule has 0 aromatic rings. The molecule has 0 bridgehead atoms. The molecule has 76 valence electrons. The highest BCUT2D eigenvalue weighted by atomic mass is 15.2. The molecule has 1 saturated heterocycles. The Hall–Kier alpha value is -0.340. The van der Waals surface area contributed by atoms with Gasteiger partial charge in [0.1, 0.15) is 0 Å². The van der Waals surface area contributed by atoms with Gasteiger partial charge in [0.05, 0.1) is 0 Å². The van der Waals surface area contributed by atoms with Crippen LogP contribution in [0.25, 0.3) is 0 Å². The molecule has 1 rings (SSSR count). The van der Waals surface area contributed by atoms with Crippen molar-refractivity contribution in [2.45, 2.75) is 44.8 Å². The van der Waals surface area contributed by atoms with Crippen LogP contribution in [0.3, 0.4) is 0 Å². The van der Waals surface area contributed by atoms with Crippen molar-refractivity contribution in [2.24, 2.45) is 0 Å². The summed E-state index contributed by atoms with van der Waals surface area (Å²) in [6.07, 6.45) is 4.33. The van der Waals surface area contributed by atoms with Crippen LogP contribution < -0.4 is 5.32 Å². The fourth-order valence-corrected chi connectivity index (χ4v) is 2.03. The highest BCUT2D eigenvalue weighted by molar-refractivity contribution is 4.87. The quantitative estimate of drug-likeness (QED) is 0.665. The number of hydrogen-bond donors (Lipinski definition) is 1. The second kappa shape index (κ2) is 4.77. The van der Waals surface area contributed by atoms with Crippen molar-refractivity contribution in [1.82, 2.24) is 10.2 Å². The molecule has 1 heterocycles. The summed E-state index contributed by atoms with van der Waals surface area (Å²) in [5, 5.41) is 3.63. The minimum atomic E-state index is 0.571. The standard InChI is InChI=1S/C11H22N2/c1-5-6-9(2)12-11-7-10(3)13(4)8-11/h5,9-12H,1,6-8H2,2-4H3. The summed E-state index contributed by atoms with van der Waals surface area (Å²) in [5.74, 6) is 0. The van der Waals surface area contributed by atoms with Gasteiger partial charge in [-0.1, -0.05) is 6.08 Å². The smallest absolute Gasteiger partial charge is 0.0212 e. The summed E-state index contributed by atoms with van der Waals surface area (Å²) in [6, 6.07) is 1.98. The number of nitrogens with zero attached hydrogens (tertiary/aromatic N) is 1. The molecule has 0 aromatic carbocycles. The normalized spacial score (nSPS) is 31.9. The van der Waals surface area contributed by atoms with E-state index in [9.17, 15) is 0 Å². The molecule has 13 heavy (non-hydrogen) atoms. The van der Waals surface area contributed by atoms with Crippen LogP contribution in [-0.2, 0) is 0 Å². The zero-order chi connectivity index (χ0) is 9.84. The zero-order valence-corrected chi connectivity index (χ0v) is 9.09. The van der Waals surface area contributed by atoms with E-state index in [0.717, 1.165) is 12.5 Å². The van der Waals surface area contributed by atoms with Gasteiger partial charge in [0.25, 0.3) is 0 Å². The lowest BCUT2D eigenvalue weighted by molar-refractivity contribution is 0.325. The van der Waals surface area contributed by atoms with Gasteiger partial charge in [-0.2, -0.15) is 0 Å². The summed E-state index contributed by atoms with van der Waals surface area (Å²) >= 11 is 0. The van der Waals surface area contributed by atoms with Crippen LogP contribution in [0, 0.1) is 0 Å². The zero-order valence-electron chi connectivity index (χ0n) is 9.09. The first-order chi connectivity index (χ1) is 6.13. The third-order valence-corrected chi connectivity index (χ3v) is 2.93. The molecule has 0 aromatic heterocycles. The predicted octanol–water partition coefficient (Wildman–Crippen LogP) is 1.63. The Morgan fingerprint density at radius 2 is 2.38 bits per heavy atom. The number of likely N-dealkylation sites (tertiary alicyclic amines) is 1. The maximum atomic E-state index is 3.75. The van der Waals surface area contributed by atoms with Crippen LogP contribution in [-0.4, -0.2) is 36.6 Å². The van der Waals surface area contributed by atoms with Crippen molar-refractivity contribution in [3.63, 3.8) is 0 Å². The largest absolute Gasteiger partial charge is 0.310 e. The fourth-order valence-electron chi connectivity index (χ4n) is 2.03. The van der Waals surface area contributed by atoms with Gasteiger partial charge in [0.15, 0.2) is 0 Å². The van der Waals surface area contributed by atoms with E-state index in [-0.39, 0.29) is 0 Å². The van der Waals surface area contributed by atoms with E-state index in [1.807, 2.05) is 6.08 Å². The van der Waals surface area contributed by atoms with Gasteiger partial charge in [-0.15, -0.1) is 6.58 Å². The third-order valence-electron chi connectivity index (χ3n) is 2.93. The molecule has 1 aliphatic heterocycles. The molecule has 2 nitrogen and oxygen atoms in total. The second-order valence-corrected chi connectivity index (χ2v) is 4.31. The molecule has 3 unspecified atom stereocenters. The van der Waals surface area contributed by atoms with Crippen molar-refractivity contribution >= 4 is 0 Å². The van der Waals surface area contributed by atoms with Crippen LogP contribution in [0.1, 0.15) is 26.7 Å². The van der Waals surface area contributed by atoms with Crippen LogP contribution in [0.2, 0.25) is 0 Å². The van der Waals surface area contributed by atoms with E-state index in [4.69, 9.17) is 0 Å². The topological polar surface area (TPSA) is 15.3 Å². The molecule has 0 radical (unpaired) electrons. The first-order valence-electron chi connectivity index (χ1n) is 5.20. The lowest BCUT2D eigenvalue weighted by Crippen LogP contribution is -2.37. The Morgan fingerprint density at radius 3 is 2.85 bits per heavy atom.